The number of hydrogen-bond donors (Lipinski definition) is 1. The minimum absolute atomic E-state index is 0.810. The molecule has 1 aromatic heterocycles. The van der Waals surface area contributed by atoms with Crippen molar-refractivity contribution in [2.45, 2.75) is 26.4 Å². The Labute approximate surface area is 110 Å². The molecule has 18 heavy (non-hydrogen) atoms. The minimum Gasteiger partial charge on any atom is -0.463 e. The Morgan fingerprint density at radius 1 is 1.11 bits per heavy atom. The molecule has 1 N–H and O–H groups in total. The maximum absolute atomic E-state index is 5.78. The van der Waals surface area contributed by atoms with Gasteiger partial charge in [-0.25, -0.2) is 0 Å². The zero-order valence-electron chi connectivity index (χ0n) is 11.6. The predicted molar refractivity (Wildman–Crippen MR) is 73.5 cm³/mol. The summed E-state index contributed by atoms with van der Waals surface area (Å²) in [4.78, 5) is 5.03. The van der Waals surface area contributed by atoms with Gasteiger partial charge in [-0.05, 0) is 32.1 Å². The van der Waals surface area contributed by atoms with Crippen molar-refractivity contribution in [3.8, 4) is 0 Å². The minimum atomic E-state index is 0.810. The van der Waals surface area contributed by atoms with Crippen molar-refractivity contribution in [3.63, 3.8) is 0 Å². The summed E-state index contributed by atoms with van der Waals surface area (Å²) in [5.74, 6) is 2.11. The molecule has 0 atom stereocenters. The molecule has 0 radical (unpaired) electrons. The Kier molecular flexibility index (Phi) is 5.23. The number of nitrogens with zero attached hydrogens (tertiary/aromatic N) is 2. The topological polar surface area (TPSA) is 31.6 Å². The molecule has 2 heterocycles. The largest absolute Gasteiger partial charge is 0.463 e. The molecule has 2 rings (SSSR count). The van der Waals surface area contributed by atoms with Crippen molar-refractivity contribution in [3.05, 3.63) is 23.7 Å². The molecule has 1 aliphatic rings. The van der Waals surface area contributed by atoms with Crippen molar-refractivity contribution < 1.29 is 4.42 Å². The zero-order valence-corrected chi connectivity index (χ0v) is 11.6. The van der Waals surface area contributed by atoms with Crippen LogP contribution in [0.2, 0.25) is 0 Å². The molecule has 1 aliphatic heterocycles. The molecule has 0 saturated carbocycles. The summed E-state index contributed by atoms with van der Waals surface area (Å²) < 4.78 is 5.78. The molecule has 0 unspecified atom stereocenters. The maximum atomic E-state index is 5.78. The van der Waals surface area contributed by atoms with Crippen LogP contribution in [0.15, 0.2) is 16.5 Å². The highest BCUT2D eigenvalue weighted by Crippen LogP contribution is 2.12. The Balaban J connectivity index is 1.76. The molecular weight excluding hydrogens is 226 g/mol. The second-order valence-electron chi connectivity index (χ2n) is 5.02. The second kappa shape index (κ2) is 6.92. The zero-order chi connectivity index (χ0) is 12.8. The highest BCUT2D eigenvalue weighted by molar-refractivity contribution is 5.07. The fraction of sp³-hybridized carbons (Fsp3) is 0.714. The third-order valence-electron chi connectivity index (χ3n) is 3.45. The third kappa shape index (κ3) is 3.83. The van der Waals surface area contributed by atoms with Gasteiger partial charge in [-0.3, -0.25) is 4.90 Å². The first-order valence-corrected chi connectivity index (χ1v) is 6.98. The van der Waals surface area contributed by atoms with Crippen molar-refractivity contribution >= 4 is 0 Å². The summed E-state index contributed by atoms with van der Waals surface area (Å²) in [6, 6.07) is 4.17. The average Bonchev–Trinajstić information content (AvgIpc) is 2.80. The van der Waals surface area contributed by atoms with Crippen LogP contribution in [0.3, 0.4) is 0 Å². The Morgan fingerprint density at radius 2 is 1.78 bits per heavy atom. The second-order valence-corrected chi connectivity index (χ2v) is 5.02. The van der Waals surface area contributed by atoms with Crippen molar-refractivity contribution in [1.29, 1.82) is 0 Å². The smallest absolute Gasteiger partial charge is 0.118 e. The summed E-state index contributed by atoms with van der Waals surface area (Å²) in [6.45, 7) is 9.94. The fourth-order valence-corrected chi connectivity index (χ4v) is 2.48. The Bertz CT molecular complexity index is 343. The Hall–Kier alpha value is -0.840. The van der Waals surface area contributed by atoms with E-state index in [4.69, 9.17) is 4.42 Å². The van der Waals surface area contributed by atoms with Crippen LogP contribution >= 0.6 is 0 Å². The molecular formula is C14H25N3O. The van der Waals surface area contributed by atoms with E-state index in [1.54, 1.807) is 0 Å². The molecule has 4 heteroatoms. The van der Waals surface area contributed by atoms with Gasteiger partial charge < -0.3 is 14.6 Å². The highest BCUT2D eigenvalue weighted by Gasteiger charge is 2.17. The van der Waals surface area contributed by atoms with Gasteiger partial charge in [0.15, 0.2) is 0 Å². The fourth-order valence-electron chi connectivity index (χ4n) is 2.48. The molecule has 0 amide bonds. The van der Waals surface area contributed by atoms with Crippen LogP contribution in [0, 0.1) is 0 Å². The van der Waals surface area contributed by atoms with Crippen LogP contribution in [0.1, 0.15) is 24.9 Å². The molecule has 1 fully saturated rings. The SMILES string of the molecule is CCCN1CCN(Cc2ccc(CNC)o2)CC1. The third-order valence-corrected chi connectivity index (χ3v) is 3.45. The van der Waals surface area contributed by atoms with E-state index in [-0.39, 0.29) is 0 Å². The van der Waals surface area contributed by atoms with E-state index in [1.165, 1.54) is 26.1 Å². The van der Waals surface area contributed by atoms with Crippen molar-refractivity contribution in [1.82, 2.24) is 15.1 Å². The van der Waals surface area contributed by atoms with Gasteiger partial charge in [0.05, 0.1) is 13.1 Å². The van der Waals surface area contributed by atoms with Crippen LogP contribution in [0.5, 0.6) is 0 Å². The van der Waals surface area contributed by atoms with Crippen LogP contribution in [0.25, 0.3) is 0 Å². The number of piperazine rings is 1. The predicted octanol–water partition coefficient (Wildman–Crippen LogP) is 1.53. The summed E-state index contributed by atoms with van der Waals surface area (Å²) >= 11 is 0. The lowest BCUT2D eigenvalue weighted by Crippen LogP contribution is -2.45. The molecule has 1 saturated heterocycles. The molecule has 0 spiro atoms. The van der Waals surface area contributed by atoms with E-state index in [0.29, 0.717) is 0 Å². The molecule has 0 bridgehead atoms. The first-order valence-electron chi connectivity index (χ1n) is 6.98. The van der Waals surface area contributed by atoms with E-state index >= 15 is 0 Å². The molecule has 4 nitrogen and oxygen atoms in total. The average molecular weight is 251 g/mol. The van der Waals surface area contributed by atoms with Gasteiger partial charge in [0, 0.05) is 26.2 Å². The van der Waals surface area contributed by atoms with Gasteiger partial charge in [0.1, 0.15) is 11.5 Å². The summed E-state index contributed by atoms with van der Waals surface area (Å²) in [5, 5.41) is 3.11. The van der Waals surface area contributed by atoms with Gasteiger partial charge in [-0.1, -0.05) is 6.92 Å². The number of nitrogens with one attached hydrogen (secondary N) is 1. The lowest BCUT2D eigenvalue weighted by molar-refractivity contribution is 0.120. The van der Waals surface area contributed by atoms with Gasteiger partial charge in [0.25, 0.3) is 0 Å². The molecule has 1 aromatic rings. The summed E-state index contributed by atoms with van der Waals surface area (Å²) in [7, 11) is 1.94. The summed E-state index contributed by atoms with van der Waals surface area (Å²) in [6.07, 6.45) is 1.26. The number of furan rings is 1. The van der Waals surface area contributed by atoms with E-state index in [1.807, 2.05) is 7.05 Å². The Morgan fingerprint density at radius 3 is 2.44 bits per heavy atom. The van der Waals surface area contributed by atoms with Crippen LogP contribution in [-0.4, -0.2) is 49.6 Å². The number of rotatable bonds is 6. The van der Waals surface area contributed by atoms with E-state index < -0.39 is 0 Å². The molecule has 0 aliphatic carbocycles. The van der Waals surface area contributed by atoms with Gasteiger partial charge in [0.2, 0.25) is 0 Å². The van der Waals surface area contributed by atoms with Crippen LogP contribution in [-0.2, 0) is 13.1 Å². The quantitative estimate of drug-likeness (QED) is 0.831. The first-order chi connectivity index (χ1) is 8.81. The van der Waals surface area contributed by atoms with Gasteiger partial charge in [-0.15, -0.1) is 0 Å². The van der Waals surface area contributed by atoms with Crippen LogP contribution < -0.4 is 5.32 Å². The van der Waals surface area contributed by atoms with E-state index in [0.717, 1.165) is 37.7 Å². The van der Waals surface area contributed by atoms with Gasteiger partial charge >= 0.3 is 0 Å². The standard InChI is InChI=1S/C14H25N3O/c1-3-6-16-7-9-17(10-8-16)12-14-5-4-13(18-14)11-15-2/h4-5,15H,3,6-12H2,1-2H3. The van der Waals surface area contributed by atoms with Crippen LogP contribution in [0.4, 0.5) is 0 Å². The normalized spacial score (nSPS) is 18.3. The molecule has 0 aromatic carbocycles. The van der Waals surface area contributed by atoms with E-state index in [9.17, 15) is 0 Å². The molecule has 102 valence electrons. The monoisotopic (exact) mass is 251 g/mol. The maximum Gasteiger partial charge on any atom is 0.118 e. The first kappa shape index (κ1) is 13.6. The number of hydrogen-bond acceptors (Lipinski definition) is 4. The lowest BCUT2D eigenvalue weighted by Gasteiger charge is -2.33. The van der Waals surface area contributed by atoms with Gasteiger partial charge in [-0.2, -0.15) is 0 Å². The van der Waals surface area contributed by atoms with Crippen molar-refractivity contribution in [2.75, 3.05) is 39.8 Å². The summed E-state index contributed by atoms with van der Waals surface area (Å²) in [5.41, 5.74) is 0. The van der Waals surface area contributed by atoms with E-state index in [2.05, 4.69) is 34.2 Å². The lowest BCUT2D eigenvalue weighted by atomic mass is 10.3. The van der Waals surface area contributed by atoms with Crippen molar-refractivity contribution in [2.24, 2.45) is 0 Å². The highest BCUT2D eigenvalue weighted by atomic mass is 16.3.